The molecule has 2 rings (SSSR count). The fourth-order valence-electron chi connectivity index (χ4n) is 2.65. The van der Waals surface area contributed by atoms with Crippen molar-refractivity contribution >= 4 is 29.4 Å². The second kappa shape index (κ2) is 7.46. The lowest BCUT2D eigenvalue weighted by molar-refractivity contribution is -0.146. The molecule has 124 valence electrons. The van der Waals surface area contributed by atoms with Crippen molar-refractivity contribution in [3.05, 3.63) is 34.9 Å². The van der Waals surface area contributed by atoms with Crippen molar-refractivity contribution < 1.29 is 19.5 Å². The van der Waals surface area contributed by atoms with E-state index in [1.165, 1.54) is 11.0 Å². The Labute approximate surface area is 139 Å². The maximum absolute atomic E-state index is 12.3. The summed E-state index contributed by atoms with van der Waals surface area (Å²) in [5.74, 6) is -2.10. The average Bonchev–Trinajstić information content (AvgIpc) is 2.52. The summed E-state index contributed by atoms with van der Waals surface area (Å²) in [6.07, 6.45) is 1.21. The number of carbonyl (C=O) groups excluding carboxylic acids is 2. The van der Waals surface area contributed by atoms with E-state index in [-0.39, 0.29) is 30.9 Å². The molecule has 2 amide bonds. The van der Waals surface area contributed by atoms with Gasteiger partial charge in [-0.15, -0.1) is 0 Å². The molecule has 1 saturated heterocycles. The van der Waals surface area contributed by atoms with Crippen LogP contribution in [0.15, 0.2) is 24.3 Å². The zero-order chi connectivity index (χ0) is 17.0. The molecule has 0 radical (unpaired) electrons. The van der Waals surface area contributed by atoms with E-state index < -0.39 is 11.9 Å². The zero-order valence-corrected chi connectivity index (χ0v) is 13.5. The van der Waals surface area contributed by atoms with E-state index in [1.807, 2.05) is 6.92 Å². The van der Waals surface area contributed by atoms with Crippen molar-refractivity contribution in [2.45, 2.75) is 25.8 Å². The number of amides is 2. The fraction of sp³-hybridized carbons (Fsp3) is 0.438. The molecular formula is C16H19ClN2O4. The van der Waals surface area contributed by atoms with Gasteiger partial charge in [0.2, 0.25) is 5.91 Å². The quantitative estimate of drug-likeness (QED) is 0.876. The second-order valence-electron chi connectivity index (χ2n) is 5.70. The summed E-state index contributed by atoms with van der Waals surface area (Å²) in [4.78, 5) is 36.9. The monoisotopic (exact) mass is 338 g/mol. The van der Waals surface area contributed by atoms with E-state index in [1.54, 1.807) is 18.2 Å². The van der Waals surface area contributed by atoms with Crippen molar-refractivity contribution in [2.24, 2.45) is 5.92 Å². The molecule has 1 fully saturated rings. The molecule has 0 saturated carbocycles. The van der Waals surface area contributed by atoms with Gasteiger partial charge in [-0.05, 0) is 38.0 Å². The van der Waals surface area contributed by atoms with Gasteiger partial charge in [-0.3, -0.25) is 14.4 Å². The summed E-state index contributed by atoms with van der Waals surface area (Å²) in [5.41, 5.74) is 0.375. The van der Waals surface area contributed by atoms with E-state index in [4.69, 9.17) is 16.7 Å². The third-order valence-corrected chi connectivity index (χ3v) is 4.27. The highest BCUT2D eigenvalue weighted by molar-refractivity contribution is 6.30. The molecule has 23 heavy (non-hydrogen) atoms. The van der Waals surface area contributed by atoms with Crippen molar-refractivity contribution in [1.82, 2.24) is 10.2 Å². The lowest BCUT2D eigenvalue weighted by Crippen LogP contribution is -2.50. The Kier molecular flexibility index (Phi) is 5.60. The third kappa shape index (κ3) is 4.45. The molecule has 0 aromatic heterocycles. The number of aliphatic carboxylic acids is 1. The van der Waals surface area contributed by atoms with Crippen LogP contribution in [0.5, 0.6) is 0 Å². The van der Waals surface area contributed by atoms with Crippen LogP contribution in [0.2, 0.25) is 5.02 Å². The molecule has 0 spiro atoms. The van der Waals surface area contributed by atoms with E-state index in [0.717, 1.165) is 0 Å². The standard InChI is InChI=1S/C16H19ClN2O4/c1-10-5-6-12(16(22)23)9-19(10)14(20)8-18-15(21)11-3-2-4-13(17)7-11/h2-4,7,10,12H,5-6,8-9H2,1H3,(H,18,21)(H,22,23). The molecular weight excluding hydrogens is 320 g/mol. The van der Waals surface area contributed by atoms with Crippen LogP contribution in [0, 0.1) is 5.92 Å². The summed E-state index contributed by atoms with van der Waals surface area (Å²) in [6.45, 7) is 1.90. The summed E-state index contributed by atoms with van der Waals surface area (Å²) in [7, 11) is 0. The minimum atomic E-state index is -0.891. The van der Waals surface area contributed by atoms with Crippen LogP contribution in [-0.4, -0.2) is 46.9 Å². The molecule has 1 aliphatic rings. The number of hydrogen-bond donors (Lipinski definition) is 2. The van der Waals surface area contributed by atoms with Crippen molar-refractivity contribution in [1.29, 1.82) is 0 Å². The summed E-state index contributed by atoms with van der Waals surface area (Å²) in [6, 6.07) is 6.41. The summed E-state index contributed by atoms with van der Waals surface area (Å²) < 4.78 is 0. The lowest BCUT2D eigenvalue weighted by Gasteiger charge is -2.36. The maximum atomic E-state index is 12.3. The fourth-order valence-corrected chi connectivity index (χ4v) is 2.84. The van der Waals surface area contributed by atoms with Crippen molar-refractivity contribution in [2.75, 3.05) is 13.1 Å². The Morgan fingerprint density at radius 2 is 2.09 bits per heavy atom. The number of hydrogen-bond acceptors (Lipinski definition) is 3. The average molecular weight is 339 g/mol. The summed E-state index contributed by atoms with van der Waals surface area (Å²) in [5, 5.41) is 12.1. The number of likely N-dealkylation sites (tertiary alicyclic amines) is 1. The number of rotatable bonds is 4. The zero-order valence-electron chi connectivity index (χ0n) is 12.8. The number of benzene rings is 1. The van der Waals surface area contributed by atoms with Gasteiger partial charge in [-0.25, -0.2) is 0 Å². The van der Waals surface area contributed by atoms with E-state index in [0.29, 0.717) is 23.4 Å². The number of piperidine rings is 1. The first-order valence-electron chi connectivity index (χ1n) is 7.44. The van der Waals surface area contributed by atoms with Crippen LogP contribution in [0.1, 0.15) is 30.1 Å². The van der Waals surface area contributed by atoms with Gasteiger partial charge in [-0.1, -0.05) is 17.7 Å². The Balaban J connectivity index is 1.93. The number of halogens is 1. The first kappa shape index (κ1) is 17.3. The van der Waals surface area contributed by atoms with E-state index >= 15 is 0 Å². The van der Waals surface area contributed by atoms with Crippen molar-refractivity contribution in [3.63, 3.8) is 0 Å². The molecule has 1 heterocycles. The topological polar surface area (TPSA) is 86.7 Å². The minimum Gasteiger partial charge on any atom is -0.481 e. The Bertz CT molecular complexity index is 620. The SMILES string of the molecule is CC1CCC(C(=O)O)CN1C(=O)CNC(=O)c1cccc(Cl)c1. The Hall–Kier alpha value is -2.08. The van der Waals surface area contributed by atoms with Crippen LogP contribution < -0.4 is 5.32 Å². The second-order valence-corrected chi connectivity index (χ2v) is 6.14. The molecule has 1 aromatic rings. The Morgan fingerprint density at radius 1 is 1.35 bits per heavy atom. The number of carboxylic acid groups (broad SMARTS) is 1. The molecule has 2 atom stereocenters. The van der Waals surface area contributed by atoms with Gasteiger partial charge in [0.15, 0.2) is 0 Å². The largest absolute Gasteiger partial charge is 0.481 e. The van der Waals surface area contributed by atoms with E-state index in [9.17, 15) is 14.4 Å². The predicted octanol–water partition coefficient (Wildman–Crippen LogP) is 1.78. The predicted molar refractivity (Wildman–Crippen MR) is 85.3 cm³/mol. The maximum Gasteiger partial charge on any atom is 0.308 e. The summed E-state index contributed by atoms with van der Waals surface area (Å²) >= 11 is 5.83. The van der Waals surface area contributed by atoms with Crippen LogP contribution in [0.25, 0.3) is 0 Å². The van der Waals surface area contributed by atoms with Crippen LogP contribution in [0.3, 0.4) is 0 Å². The lowest BCUT2D eigenvalue weighted by atomic mass is 9.93. The van der Waals surface area contributed by atoms with Gasteiger partial charge in [0.05, 0.1) is 12.5 Å². The smallest absolute Gasteiger partial charge is 0.308 e. The number of carboxylic acids is 1. The van der Waals surface area contributed by atoms with Gasteiger partial charge < -0.3 is 15.3 Å². The molecule has 6 nitrogen and oxygen atoms in total. The number of carbonyl (C=O) groups is 3. The molecule has 2 unspecified atom stereocenters. The highest BCUT2D eigenvalue weighted by atomic mass is 35.5. The normalized spacial score (nSPS) is 20.9. The van der Waals surface area contributed by atoms with Gasteiger partial charge >= 0.3 is 5.97 Å². The van der Waals surface area contributed by atoms with Crippen LogP contribution >= 0.6 is 11.6 Å². The first-order chi connectivity index (χ1) is 10.9. The van der Waals surface area contributed by atoms with Crippen LogP contribution in [-0.2, 0) is 9.59 Å². The van der Waals surface area contributed by atoms with Gasteiger partial charge in [0.25, 0.3) is 5.91 Å². The first-order valence-corrected chi connectivity index (χ1v) is 7.82. The molecule has 1 aromatic carbocycles. The van der Waals surface area contributed by atoms with Crippen molar-refractivity contribution in [3.8, 4) is 0 Å². The third-order valence-electron chi connectivity index (χ3n) is 4.04. The number of nitrogens with one attached hydrogen (secondary N) is 1. The molecule has 7 heteroatoms. The van der Waals surface area contributed by atoms with Gasteiger partial charge in [0.1, 0.15) is 0 Å². The highest BCUT2D eigenvalue weighted by Crippen LogP contribution is 2.22. The minimum absolute atomic E-state index is 0.0267. The van der Waals surface area contributed by atoms with Gasteiger partial charge in [0, 0.05) is 23.2 Å². The molecule has 0 aliphatic carbocycles. The highest BCUT2D eigenvalue weighted by Gasteiger charge is 2.32. The molecule has 1 aliphatic heterocycles. The Morgan fingerprint density at radius 3 is 2.74 bits per heavy atom. The molecule has 2 N–H and O–H groups in total. The number of nitrogens with zero attached hydrogens (tertiary/aromatic N) is 1. The van der Waals surface area contributed by atoms with Crippen LogP contribution in [0.4, 0.5) is 0 Å². The van der Waals surface area contributed by atoms with E-state index in [2.05, 4.69) is 5.32 Å². The van der Waals surface area contributed by atoms with Gasteiger partial charge in [-0.2, -0.15) is 0 Å². The molecule has 0 bridgehead atoms.